The fourth-order valence-corrected chi connectivity index (χ4v) is 6.55. The summed E-state index contributed by atoms with van der Waals surface area (Å²) in [5.41, 5.74) is 6.66. The molecule has 0 saturated carbocycles. The minimum absolute atomic E-state index is 0. The number of aliphatic carboxylic acids is 1. The van der Waals surface area contributed by atoms with Gasteiger partial charge in [0.1, 0.15) is 12.2 Å². The van der Waals surface area contributed by atoms with Crippen LogP contribution in [-0.2, 0) is 20.7 Å². The van der Waals surface area contributed by atoms with Gasteiger partial charge in [0, 0.05) is 17.5 Å². The number of hydrogen-bond donors (Lipinski definition) is 1. The molecule has 1 N–H and O–H groups in total. The average Bonchev–Trinajstić information content (AvgIpc) is 3.73. The third-order valence-corrected chi connectivity index (χ3v) is 8.82. The van der Waals surface area contributed by atoms with E-state index >= 15 is 0 Å². The number of allylic oxidation sites excluding steroid dienone is 2. The number of nitrogens with zero attached hydrogens (tertiary/aromatic N) is 4. The van der Waals surface area contributed by atoms with Crippen molar-refractivity contribution in [2.24, 2.45) is 17.8 Å². The number of hydrogen-bond acceptors (Lipinski definition) is 5. The molecule has 222 valence electrons. The van der Waals surface area contributed by atoms with Gasteiger partial charge in [-0.05, 0) is 38.5 Å². The van der Waals surface area contributed by atoms with E-state index in [2.05, 4.69) is 0 Å². The van der Waals surface area contributed by atoms with Crippen LogP contribution < -0.4 is 25.7 Å². The number of aldehydes is 1. The zero-order valence-corrected chi connectivity index (χ0v) is 26.6. The molecule has 0 aromatic carbocycles. The van der Waals surface area contributed by atoms with Crippen LogP contribution in [0.25, 0.3) is 29.1 Å². The molecule has 0 radical (unpaired) electrons. The SMILES string of the molecule is CCc1c(C=O)/c2[n-]/c1=C\c1[n-]c3c(c1C)C(=O)[C@H](C(=O)OC)/C3=C1/[N-]/C(=C\c3[n-]c(cc3C)\C=2)[C@@H](C)[C@@H]1CCC(=O)O.[Mg+2]. The zero-order valence-electron chi connectivity index (χ0n) is 25.2. The Morgan fingerprint density at radius 3 is 2.48 bits per heavy atom. The van der Waals surface area contributed by atoms with Crippen LogP contribution in [0.5, 0.6) is 0 Å². The Labute approximate surface area is 269 Å². The number of Topliss-reactive ketones (excluding diaryl/α,β-unsaturated/α-hetero) is 1. The number of fused-ring (bicyclic) bond motifs is 7. The van der Waals surface area contributed by atoms with Crippen LogP contribution in [0.1, 0.15) is 86.9 Å². The topological polar surface area (TPSA) is 154 Å². The van der Waals surface area contributed by atoms with Crippen molar-refractivity contribution in [1.29, 1.82) is 0 Å². The number of carbonyl (C=O) groups excluding carboxylic acids is 3. The van der Waals surface area contributed by atoms with Crippen LogP contribution in [0.2, 0.25) is 0 Å². The predicted octanol–water partition coefficient (Wildman–Crippen LogP) is 2.38. The van der Waals surface area contributed by atoms with Crippen LogP contribution in [0.3, 0.4) is 0 Å². The minimum atomic E-state index is -1.26. The molecule has 6 rings (SSSR count). The van der Waals surface area contributed by atoms with Crippen LogP contribution in [0, 0.1) is 31.6 Å². The first-order valence-corrected chi connectivity index (χ1v) is 14.2. The molecule has 2 aliphatic heterocycles. The fourth-order valence-electron chi connectivity index (χ4n) is 6.55. The molecule has 1 fully saturated rings. The third-order valence-electron chi connectivity index (χ3n) is 8.82. The number of aromatic nitrogens is 3. The molecule has 1 saturated heterocycles. The second kappa shape index (κ2) is 11.8. The molecule has 3 aromatic heterocycles. The summed E-state index contributed by atoms with van der Waals surface area (Å²) in [6.45, 7) is 7.60. The van der Waals surface area contributed by atoms with E-state index in [1.165, 1.54) is 7.11 Å². The largest absolute Gasteiger partial charge is 2.00 e. The van der Waals surface area contributed by atoms with Gasteiger partial charge in [-0.15, -0.1) is 33.5 Å². The predicted molar refractivity (Wildman–Crippen MR) is 163 cm³/mol. The molecular formula is C33H30MgN4O6-2. The van der Waals surface area contributed by atoms with E-state index < -0.39 is 23.6 Å². The number of aryl methyl sites for hydroxylation is 1. The fraction of sp³-hybridized carbons (Fsp3) is 0.333. The molecule has 0 spiro atoms. The Kier molecular flexibility index (Phi) is 8.38. The van der Waals surface area contributed by atoms with Gasteiger partial charge in [-0.1, -0.05) is 60.4 Å². The number of esters is 1. The summed E-state index contributed by atoms with van der Waals surface area (Å²) in [4.78, 5) is 65.3. The molecule has 3 aliphatic rings. The minimum Gasteiger partial charge on any atom is -0.664 e. The van der Waals surface area contributed by atoms with E-state index in [1.54, 1.807) is 19.1 Å². The monoisotopic (exact) mass is 602 g/mol. The first kappa shape index (κ1) is 31.3. The number of ether oxygens (including phenoxy) is 1. The Morgan fingerprint density at radius 1 is 1.07 bits per heavy atom. The molecule has 3 atom stereocenters. The van der Waals surface area contributed by atoms with Gasteiger partial charge < -0.3 is 30.1 Å². The zero-order chi connectivity index (χ0) is 30.7. The van der Waals surface area contributed by atoms with Crippen molar-refractivity contribution >= 4 is 70.9 Å². The van der Waals surface area contributed by atoms with Gasteiger partial charge in [-0.3, -0.25) is 19.2 Å². The maximum atomic E-state index is 13.9. The average molecular weight is 603 g/mol. The van der Waals surface area contributed by atoms with Crippen molar-refractivity contribution in [1.82, 2.24) is 15.0 Å². The summed E-state index contributed by atoms with van der Waals surface area (Å²) >= 11 is 0. The molecule has 10 nitrogen and oxygen atoms in total. The van der Waals surface area contributed by atoms with Crippen LogP contribution in [0.4, 0.5) is 0 Å². The van der Waals surface area contributed by atoms with Gasteiger partial charge in [0.15, 0.2) is 5.78 Å². The van der Waals surface area contributed by atoms with E-state index in [1.807, 2.05) is 32.9 Å². The van der Waals surface area contributed by atoms with Crippen molar-refractivity contribution in [2.45, 2.75) is 47.0 Å². The van der Waals surface area contributed by atoms with E-state index in [4.69, 9.17) is 25.0 Å². The molecule has 0 unspecified atom stereocenters. The molecule has 11 heteroatoms. The van der Waals surface area contributed by atoms with Crippen molar-refractivity contribution in [3.8, 4) is 0 Å². The summed E-state index contributed by atoms with van der Waals surface area (Å²) in [5, 5.41) is 15.6. The maximum Gasteiger partial charge on any atom is 2.00 e. The Bertz CT molecular complexity index is 1920. The third kappa shape index (κ3) is 4.88. The van der Waals surface area contributed by atoms with Gasteiger partial charge in [0.25, 0.3) is 0 Å². The second-order valence-corrected chi connectivity index (χ2v) is 11.3. The Hall–Kier alpha value is -4.09. The maximum absolute atomic E-state index is 13.9. The number of ketones is 1. The summed E-state index contributed by atoms with van der Waals surface area (Å²) < 4.78 is 5.08. The standard InChI is InChI=1S/C33H32N4O6.Mg/c1-6-18-20(13-38)24-10-17-9-14(2)21(34-17)11-22-15(3)19(7-8-26(39)40)30(36-22)28-29(33(42)43-5)32(41)27-16(4)23(37-31(27)28)12-25(18)35-24;/h9-13,15,19,29H,6-8H2,1-5H3,(H3,36,37,38,39,40,41);/q-2;+2/p-2/b22-11-,24-10-;/t15-,19-,29+;/m0./s1. The molecule has 44 heavy (non-hydrogen) atoms. The van der Waals surface area contributed by atoms with Gasteiger partial charge in [0.2, 0.25) is 0 Å². The summed E-state index contributed by atoms with van der Waals surface area (Å²) in [6, 6.07) is 1.91. The molecule has 5 heterocycles. The summed E-state index contributed by atoms with van der Waals surface area (Å²) in [7, 11) is 1.23. The Morgan fingerprint density at radius 2 is 1.82 bits per heavy atom. The van der Waals surface area contributed by atoms with Gasteiger partial charge in [0.05, 0.1) is 7.11 Å². The number of methoxy groups -OCH3 is 1. The number of carbonyl (C=O) groups is 4. The van der Waals surface area contributed by atoms with Crippen molar-refractivity contribution in [3.05, 3.63) is 84.1 Å². The van der Waals surface area contributed by atoms with Gasteiger partial charge in [-0.2, -0.15) is 11.4 Å². The van der Waals surface area contributed by atoms with Crippen LogP contribution in [0.15, 0.2) is 17.5 Å². The summed E-state index contributed by atoms with van der Waals surface area (Å²) in [5.74, 6) is -3.97. The first-order chi connectivity index (χ1) is 20.6. The quantitative estimate of drug-likeness (QED) is 0.194. The van der Waals surface area contributed by atoms with E-state index in [9.17, 15) is 24.3 Å². The van der Waals surface area contributed by atoms with Crippen molar-refractivity contribution < 1.29 is 29.0 Å². The molecule has 1 aliphatic carbocycles. The first-order valence-electron chi connectivity index (χ1n) is 14.2. The molecule has 0 amide bonds. The van der Waals surface area contributed by atoms with Crippen molar-refractivity contribution in [2.75, 3.05) is 7.11 Å². The van der Waals surface area contributed by atoms with E-state index in [0.717, 1.165) is 17.4 Å². The van der Waals surface area contributed by atoms with Crippen LogP contribution >= 0.6 is 0 Å². The number of carboxylic acids is 1. The van der Waals surface area contributed by atoms with E-state index in [0.29, 0.717) is 73.6 Å². The normalized spacial score (nSPS) is 24.2. The smallest absolute Gasteiger partial charge is 0.664 e. The molecular weight excluding hydrogens is 573 g/mol. The Balaban J connectivity index is 0.00000384. The van der Waals surface area contributed by atoms with Crippen LogP contribution in [-0.4, -0.2) is 59.3 Å². The van der Waals surface area contributed by atoms with Gasteiger partial charge in [-0.25, -0.2) is 0 Å². The second-order valence-electron chi connectivity index (χ2n) is 11.3. The van der Waals surface area contributed by atoms with Crippen molar-refractivity contribution in [3.63, 3.8) is 0 Å². The molecule has 8 bridgehead atoms. The van der Waals surface area contributed by atoms with Gasteiger partial charge >= 0.3 is 35.0 Å². The molecule has 3 aromatic rings. The number of rotatable bonds is 6. The number of carboxylic acid groups (broad SMARTS) is 1. The van der Waals surface area contributed by atoms with E-state index in [-0.39, 0.29) is 47.7 Å². The summed E-state index contributed by atoms with van der Waals surface area (Å²) in [6.07, 6.45) is 6.91.